The van der Waals surface area contributed by atoms with E-state index in [0.717, 1.165) is 6.08 Å². The Hall–Kier alpha value is -3.01. The Balaban J connectivity index is 2.02. The Kier molecular flexibility index (Phi) is 4.62. The fraction of sp³-hybridized carbons (Fsp3) is 0.409. The number of fused-ring (bicyclic) bond motifs is 3. The van der Waals surface area contributed by atoms with Crippen LogP contribution in [0.4, 0.5) is 0 Å². The van der Waals surface area contributed by atoms with E-state index < -0.39 is 64.3 Å². The van der Waals surface area contributed by atoms with Crippen molar-refractivity contribution in [3.63, 3.8) is 0 Å². The lowest BCUT2D eigenvalue weighted by atomic mass is 9.56. The van der Waals surface area contributed by atoms with Gasteiger partial charge in [-0.05, 0) is 37.7 Å². The maximum Gasteiger partial charge on any atom is 0.255 e. The van der Waals surface area contributed by atoms with Crippen LogP contribution in [0.2, 0.25) is 0 Å². The van der Waals surface area contributed by atoms with Crippen LogP contribution in [0.25, 0.3) is 0 Å². The van der Waals surface area contributed by atoms with Crippen LogP contribution in [0.3, 0.4) is 0 Å². The van der Waals surface area contributed by atoms with Gasteiger partial charge in [0.25, 0.3) is 5.91 Å². The van der Waals surface area contributed by atoms with E-state index in [1.807, 2.05) is 0 Å². The van der Waals surface area contributed by atoms with E-state index in [2.05, 4.69) is 0 Å². The van der Waals surface area contributed by atoms with Gasteiger partial charge in [-0.1, -0.05) is 19.1 Å². The standard InChI is InChI=1S/C22H24N2O7/c1-8-9-5-4-6-11(25)13(9)17(26)10-7-22(31)15(18(27)12(8)10)16(24(2)3)19(28)14(20(22)29)21(23)30/h4-8,12,15-16,18,25,27,29,31H,1-3H3,(H2,23,30)/t8-,12+,15+,16?,18-,22+/m0/s1. The van der Waals surface area contributed by atoms with Gasteiger partial charge in [0.2, 0.25) is 0 Å². The van der Waals surface area contributed by atoms with E-state index in [1.165, 1.54) is 11.0 Å². The van der Waals surface area contributed by atoms with Crippen LogP contribution in [0, 0.1) is 11.8 Å². The summed E-state index contributed by atoms with van der Waals surface area (Å²) in [6.45, 7) is 1.77. The number of aromatic hydroxyl groups is 1. The van der Waals surface area contributed by atoms with Gasteiger partial charge in [0, 0.05) is 17.4 Å². The SMILES string of the molecule is C[C@H]1c2cccc(O)c2C(=O)C2=C[C@]3(O)C(O)=C(C(N)=O)C(=O)C(N(C)C)[C@@H]3[C@@H](O)[C@@H]21. The third-order valence-electron chi connectivity index (χ3n) is 6.85. The molecule has 1 aromatic carbocycles. The minimum Gasteiger partial charge on any atom is -0.508 e. The zero-order valence-electron chi connectivity index (χ0n) is 17.2. The average Bonchev–Trinajstić information content (AvgIpc) is 2.67. The molecule has 0 fully saturated rings. The number of hydrogen-bond acceptors (Lipinski definition) is 8. The Morgan fingerprint density at radius 1 is 1.19 bits per heavy atom. The minimum absolute atomic E-state index is 0.00465. The molecule has 6 N–H and O–H groups in total. The van der Waals surface area contributed by atoms with E-state index in [-0.39, 0.29) is 16.9 Å². The predicted molar refractivity (Wildman–Crippen MR) is 108 cm³/mol. The zero-order valence-corrected chi connectivity index (χ0v) is 17.2. The van der Waals surface area contributed by atoms with Crippen LogP contribution in [0.1, 0.15) is 28.8 Å². The van der Waals surface area contributed by atoms with Crippen LogP contribution in [0.15, 0.2) is 41.2 Å². The molecule has 0 radical (unpaired) electrons. The maximum atomic E-state index is 13.3. The Morgan fingerprint density at radius 2 is 1.84 bits per heavy atom. The first-order valence-corrected chi connectivity index (χ1v) is 9.87. The zero-order chi connectivity index (χ0) is 23.0. The third-order valence-corrected chi connectivity index (χ3v) is 6.85. The number of Topliss-reactive ketones (excluding diaryl/α,β-unsaturated/α-hetero) is 2. The van der Waals surface area contributed by atoms with Crippen molar-refractivity contribution in [1.82, 2.24) is 4.90 Å². The molecule has 3 aliphatic rings. The van der Waals surface area contributed by atoms with Crippen LogP contribution < -0.4 is 5.73 Å². The molecule has 6 atom stereocenters. The molecule has 0 saturated heterocycles. The molecule has 0 heterocycles. The number of primary amides is 1. The molecule has 9 heteroatoms. The molecule has 0 saturated carbocycles. The van der Waals surface area contributed by atoms with E-state index in [0.29, 0.717) is 5.56 Å². The van der Waals surface area contributed by atoms with Crippen molar-refractivity contribution >= 4 is 17.5 Å². The predicted octanol–water partition coefficient (Wildman–Crippen LogP) is -0.233. The second kappa shape index (κ2) is 6.74. The molecule has 4 rings (SSSR count). The summed E-state index contributed by atoms with van der Waals surface area (Å²) in [4.78, 5) is 39.6. The number of phenolic OH excluding ortho intramolecular Hbond substituents is 1. The summed E-state index contributed by atoms with van der Waals surface area (Å²) in [5, 5.41) is 43.9. The number of nitrogens with two attached hydrogens (primary N) is 1. The number of nitrogens with zero attached hydrogens (tertiary/aromatic N) is 1. The van der Waals surface area contributed by atoms with Crippen molar-refractivity contribution < 1.29 is 34.8 Å². The number of aliphatic hydroxyl groups excluding tert-OH is 2. The molecule has 1 amide bonds. The van der Waals surface area contributed by atoms with Crippen LogP contribution in [-0.4, -0.2) is 74.6 Å². The largest absolute Gasteiger partial charge is 0.508 e. The highest BCUT2D eigenvalue weighted by Gasteiger charge is 2.62. The van der Waals surface area contributed by atoms with Crippen molar-refractivity contribution in [2.75, 3.05) is 14.1 Å². The van der Waals surface area contributed by atoms with Gasteiger partial charge >= 0.3 is 0 Å². The second-order valence-corrected chi connectivity index (χ2v) is 8.69. The molecule has 1 unspecified atom stereocenters. The number of carbonyl (C=O) groups excluding carboxylic acids is 3. The van der Waals surface area contributed by atoms with Crippen LogP contribution in [-0.2, 0) is 9.59 Å². The van der Waals surface area contributed by atoms with E-state index in [9.17, 15) is 34.8 Å². The molecule has 3 aliphatic carbocycles. The highest BCUT2D eigenvalue weighted by atomic mass is 16.3. The number of rotatable bonds is 2. The first-order chi connectivity index (χ1) is 14.4. The van der Waals surface area contributed by atoms with Crippen molar-refractivity contribution in [2.24, 2.45) is 17.6 Å². The highest BCUT2D eigenvalue weighted by molar-refractivity contribution is 6.22. The first-order valence-electron chi connectivity index (χ1n) is 9.87. The Labute approximate surface area is 178 Å². The van der Waals surface area contributed by atoms with Gasteiger partial charge in [-0.15, -0.1) is 0 Å². The van der Waals surface area contributed by atoms with Gasteiger partial charge in [-0.3, -0.25) is 19.3 Å². The quantitative estimate of drug-likeness (QED) is 0.404. The minimum atomic E-state index is -2.38. The molecule has 0 aromatic heterocycles. The summed E-state index contributed by atoms with van der Waals surface area (Å²) in [5.74, 6) is -6.36. The first kappa shape index (κ1) is 21.2. The number of phenols is 1. The topological polar surface area (TPSA) is 161 Å². The van der Waals surface area contributed by atoms with Gasteiger partial charge in [-0.2, -0.15) is 0 Å². The number of carbonyl (C=O) groups is 3. The third kappa shape index (κ3) is 2.63. The summed E-state index contributed by atoms with van der Waals surface area (Å²) in [6, 6.07) is 3.47. The molecular weight excluding hydrogens is 404 g/mol. The monoisotopic (exact) mass is 428 g/mol. The molecule has 0 bridgehead atoms. The normalized spacial score (nSPS) is 34.8. The second-order valence-electron chi connectivity index (χ2n) is 8.69. The molecule has 9 nitrogen and oxygen atoms in total. The van der Waals surface area contributed by atoms with E-state index in [1.54, 1.807) is 33.2 Å². The molecule has 0 aliphatic heterocycles. The van der Waals surface area contributed by atoms with Crippen LogP contribution >= 0.6 is 0 Å². The molecule has 164 valence electrons. The molecular formula is C22H24N2O7. The lowest BCUT2D eigenvalue weighted by molar-refractivity contribution is -0.143. The molecule has 0 spiro atoms. The summed E-state index contributed by atoms with van der Waals surface area (Å²) >= 11 is 0. The molecule has 1 aromatic rings. The number of ketones is 2. The van der Waals surface area contributed by atoms with Crippen LogP contribution in [0.5, 0.6) is 5.75 Å². The summed E-state index contributed by atoms with van der Waals surface area (Å²) in [5.41, 5.74) is 2.75. The van der Waals surface area contributed by atoms with Crippen molar-refractivity contribution in [3.05, 3.63) is 52.3 Å². The number of aliphatic hydroxyl groups is 3. The van der Waals surface area contributed by atoms with Gasteiger partial charge < -0.3 is 26.2 Å². The highest BCUT2D eigenvalue weighted by Crippen LogP contribution is 2.53. The smallest absolute Gasteiger partial charge is 0.255 e. The van der Waals surface area contributed by atoms with Crippen molar-refractivity contribution in [1.29, 1.82) is 0 Å². The lowest BCUT2D eigenvalue weighted by Gasteiger charge is -2.52. The van der Waals surface area contributed by atoms with Gasteiger partial charge in [0.05, 0.1) is 17.7 Å². The maximum absolute atomic E-state index is 13.3. The van der Waals surface area contributed by atoms with E-state index >= 15 is 0 Å². The summed E-state index contributed by atoms with van der Waals surface area (Å²) < 4.78 is 0. The van der Waals surface area contributed by atoms with E-state index in [4.69, 9.17) is 5.73 Å². The number of likely N-dealkylation sites (N-methyl/N-ethyl adjacent to an activating group) is 1. The summed E-state index contributed by atoms with van der Waals surface area (Å²) in [6.07, 6.45) is -0.322. The molecule has 31 heavy (non-hydrogen) atoms. The fourth-order valence-electron chi connectivity index (χ4n) is 5.48. The van der Waals surface area contributed by atoms with Crippen molar-refractivity contribution in [3.8, 4) is 5.75 Å². The Morgan fingerprint density at radius 3 is 2.42 bits per heavy atom. The average molecular weight is 428 g/mol. The number of amides is 1. The van der Waals surface area contributed by atoms with Gasteiger partial charge in [0.1, 0.15) is 22.7 Å². The summed E-state index contributed by atoms with van der Waals surface area (Å²) in [7, 11) is 3.08. The van der Waals surface area contributed by atoms with Gasteiger partial charge in [-0.25, -0.2) is 0 Å². The fourth-order valence-corrected chi connectivity index (χ4v) is 5.48. The Bertz CT molecular complexity index is 1090. The number of benzene rings is 1. The lowest BCUT2D eigenvalue weighted by Crippen LogP contribution is -2.66. The number of hydrogen-bond donors (Lipinski definition) is 5. The van der Waals surface area contributed by atoms with Crippen molar-refractivity contribution in [2.45, 2.75) is 30.6 Å². The van der Waals surface area contributed by atoms with Gasteiger partial charge in [0.15, 0.2) is 11.6 Å².